The van der Waals surface area contributed by atoms with Crippen LogP contribution in [0.3, 0.4) is 0 Å². The highest BCUT2D eigenvalue weighted by Crippen LogP contribution is 2.42. The molecule has 0 bridgehead atoms. The summed E-state index contributed by atoms with van der Waals surface area (Å²) in [6, 6.07) is 27.4. The van der Waals surface area contributed by atoms with E-state index in [1.54, 1.807) is 12.1 Å². The first-order valence-electron chi connectivity index (χ1n) is 16.2. The topological polar surface area (TPSA) is 140 Å². The number of methoxy groups -OCH3 is 1. The van der Waals surface area contributed by atoms with E-state index in [0.29, 0.717) is 35.5 Å². The average molecular weight is 638 g/mol. The van der Waals surface area contributed by atoms with Crippen molar-refractivity contribution in [1.29, 1.82) is 0 Å². The third kappa shape index (κ3) is 7.29. The standard InChI is InChI=1S/C37H43N5O5/c1-3-30-33(35(38)43)32(26-15-17-29(18-16-26)42(45)46)34(31(40-30)25-47-2)36(44)39-21-10-22-41-23-19-37(20-24-41,27-11-6-4-7-12-27)28-13-8-5-9-14-28/h4-9,11-18,32,40H,3,10,19-25H2,1-2H3,(H2,38,43)(H,39,44). The number of nitro groups is 1. The van der Waals surface area contributed by atoms with Crippen molar-refractivity contribution < 1.29 is 19.2 Å². The Balaban J connectivity index is 1.28. The molecule has 2 aliphatic heterocycles. The maximum Gasteiger partial charge on any atom is 0.269 e. The lowest BCUT2D eigenvalue weighted by Crippen LogP contribution is -2.44. The first-order valence-corrected chi connectivity index (χ1v) is 16.2. The molecule has 0 spiro atoms. The molecule has 0 aliphatic carbocycles. The predicted molar refractivity (Wildman–Crippen MR) is 181 cm³/mol. The second-order valence-corrected chi connectivity index (χ2v) is 12.1. The van der Waals surface area contributed by atoms with Crippen LogP contribution in [-0.2, 0) is 19.7 Å². The van der Waals surface area contributed by atoms with Crippen LogP contribution in [0, 0.1) is 10.1 Å². The summed E-state index contributed by atoms with van der Waals surface area (Å²) in [6.07, 6.45) is 3.22. The van der Waals surface area contributed by atoms with Crippen LogP contribution in [0.2, 0.25) is 0 Å². The number of piperidine rings is 1. The molecular formula is C37H43N5O5. The molecule has 246 valence electrons. The van der Waals surface area contributed by atoms with Gasteiger partial charge in [-0.2, -0.15) is 0 Å². The Labute approximate surface area is 275 Å². The van der Waals surface area contributed by atoms with Crippen LogP contribution in [0.1, 0.15) is 55.2 Å². The summed E-state index contributed by atoms with van der Waals surface area (Å²) in [5, 5.41) is 17.6. The first kappa shape index (κ1) is 33.6. The van der Waals surface area contributed by atoms with E-state index in [1.165, 1.54) is 30.4 Å². The van der Waals surface area contributed by atoms with Gasteiger partial charge in [0, 0.05) is 48.4 Å². The fraction of sp³-hybridized carbons (Fsp3) is 0.351. The van der Waals surface area contributed by atoms with Crippen molar-refractivity contribution in [2.75, 3.05) is 39.9 Å². The van der Waals surface area contributed by atoms with Crippen molar-refractivity contribution in [3.63, 3.8) is 0 Å². The van der Waals surface area contributed by atoms with Crippen LogP contribution in [0.25, 0.3) is 0 Å². The number of rotatable bonds is 13. The minimum Gasteiger partial charge on any atom is -0.378 e. The van der Waals surface area contributed by atoms with Gasteiger partial charge in [0.15, 0.2) is 0 Å². The van der Waals surface area contributed by atoms with Gasteiger partial charge in [-0.15, -0.1) is 0 Å². The molecule has 10 nitrogen and oxygen atoms in total. The number of carbonyl (C=O) groups excluding carboxylic acids is 2. The highest BCUT2D eigenvalue weighted by molar-refractivity contribution is 6.03. The van der Waals surface area contributed by atoms with Crippen molar-refractivity contribution in [3.8, 4) is 0 Å². The summed E-state index contributed by atoms with van der Waals surface area (Å²) in [5.74, 6) is -1.81. The number of likely N-dealkylation sites (tertiary alicyclic amines) is 1. The monoisotopic (exact) mass is 637 g/mol. The molecule has 5 rings (SSSR count). The number of amides is 2. The van der Waals surface area contributed by atoms with Gasteiger partial charge in [0.2, 0.25) is 11.8 Å². The quantitative estimate of drug-likeness (QED) is 0.137. The van der Waals surface area contributed by atoms with Crippen molar-refractivity contribution >= 4 is 17.5 Å². The van der Waals surface area contributed by atoms with E-state index in [2.05, 4.69) is 76.2 Å². The molecule has 3 aromatic rings. The lowest BCUT2D eigenvalue weighted by molar-refractivity contribution is -0.384. The number of nitrogens with one attached hydrogen (secondary N) is 2. The summed E-state index contributed by atoms with van der Waals surface area (Å²) in [4.78, 5) is 40.0. The van der Waals surface area contributed by atoms with Crippen LogP contribution in [-0.4, -0.2) is 61.5 Å². The van der Waals surface area contributed by atoms with E-state index in [0.717, 1.165) is 38.9 Å². The third-order valence-corrected chi connectivity index (χ3v) is 9.42. The zero-order valence-corrected chi connectivity index (χ0v) is 27.0. The van der Waals surface area contributed by atoms with Crippen LogP contribution in [0.4, 0.5) is 5.69 Å². The van der Waals surface area contributed by atoms with Gasteiger partial charge in [-0.25, -0.2) is 0 Å². The number of dihydropyridines is 1. The van der Waals surface area contributed by atoms with Gasteiger partial charge in [0.05, 0.1) is 22.8 Å². The Morgan fingerprint density at radius 2 is 1.55 bits per heavy atom. The number of ether oxygens (including phenoxy) is 1. The Kier molecular flexibility index (Phi) is 10.8. The number of nitro benzene ring substituents is 1. The second-order valence-electron chi connectivity index (χ2n) is 12.1. The summed E-state index contributed by atoms with van der Waals surface area (Å²) in [5.41, 5.74) is 10.7. The van der Waals surface area contributed by atoms with E-state index < -0.39 is 16.7 Å². The minimum absolute atomic E-state index is 0.0265. The van der Waals surface area contributed by atoms with Gasteiger partial charge >= 0.3 is 0 Å². The molecule has 0 aromatic heterocycles. The molecule has 1 saturated heterocycles. The van der Waals surface area contributed by atoms with E-state index in [4.69, 9.17) is 10.5 Å². The molecule has 2 heterocycles. The number of nitrogens with two attached hydrogens (primary N) is 1. The van der Waals surface area contributed by atoms with Gasteiger partial charge in [0.1, 0.15) is 0 Å². The van der Waals surface area contributed by atoms with Crippen molar-refractivity contribution in [2.45, 2.75) is 43.9 Å². The number of carbonyl (C=O) groups is 2. The maximum absolute atomic E-state index is 13.9. The van der Waals surface area contributed by atoms with Gasteiger partial charge < -0.3 is 26.0 Å². The molecule has 2 amide bonds. The lowest BCUT2D eigenvalue weighted by atomic mass is 9.68. The van der Waals surface area contributed by atoms with Crippen LogP contribution >= 0.6 is 0 Å². The zero-order chi connectivity index (χ0) is 33.4. The molecule has 1 atom stereocenters. The number of primary amides is 1. The highest BCUT2D eigenvalue weighted by Gasteiger charge is 2.39. The number of benzene rings is 3. The maximum atomic E-state index is 13.9. The number of allylic oxidation sites excluding steroid dienone is 1. The molecule has 0 saturated carbocycles. The molecule has 4 N–H and O–H groups in total. The molecule has 3 aromatic carbocycles. The fourth-order valence-corrected chi connectivity index (χ4v) is 7.04. The summed E-state index contributed by atoms with van der Waals surface area (Å²) in [6.45, 7) is 5.16. The molecular weight excluding hydrogens is 594 g/mol. The Bertz CT molecular complexity index is 1590. The first-order chi connectivity index (χ1) is 22.8. The molecule has 2 aliphatic rings. The SMILES string of the molecule is CCC1=C(C(N)=O)C(c2ccc([N+](=O)[O-])cc2)C(C(=O)NCCCN2CCC(c3ccccc3)(c3ccccc3)CC2)=C(COC)N1. The van der Waals surface area contributed by atoms with E-state index in [1.807, 2.05) is 6.92 Å². The van der Waals surface area contributed by atoms with Gasteiger partial charge in [-0.1, -0.05) is 79.7 Å². The Morgan fingerprint density at radius 1 is 0.957 bits per heavy atom. The van der Waals surface area contributed by atoms with Crippen LogP contribution < -0.4 is 16.4 Å². The summed E-state index contributed by atoms with van der Waals surface area (Å²) in [7, 11) is 1.53. The Hall–Kier alpha value is -4.80. The molecule has 10 heteroatoms. The van der Waals surface area contributed by atoms with E-state index in [-0.39, 0.29) is 29.2 Å². The smallest absolute Gasteiger partial charge is 0.269 e. The average Bonchev–Trinajstić information content (AvgIpc) is 3.10. The molecule has 1 unspecified atom stereocenters. The number of hydrogen-bond donors (Lipinski definition) is 3. The normalized spacial score (nSPS) is 18.0. The zero-order valence-electron chi connectivity index (χ0n) is 27.0. The molecule has 1 fully saturated rings. The number of non-ortho nitro benzene ring substituents is 1. The van der Waals surface area contributed by atoms with Crippen molar-refractivity contribution in [2.24, 2.45) is 5.73 Å². The molecule has 0 radical (unpaired) electrons. The summed E-state index contributed by atoms with van der Waals surface area (Å²) >= 11 is 0. The van der Waals surface area contributed by atoms with Crippen molar-refractivity contribution in [1.82, 2.24) is 15.5 Å². The highest BCUT2D eigenvalue weighted by atomic mass is 16.6. The molecule has 47 heavy (non-hydrogen) atoms. The van der Waals surface area contributed by atoms with Gasteiger partial charge in [-0.3, -0.25) is 19.7 Å². The lowest BCUT2D eigenvalue weighted by Gasteiger charge is -2.43. The van der Waals surface area contributed by atoms with Crippen LogP contribution in [0.5, 0.6) is 0 Å². The summed E-state index contributed by atoms with van der Waals surface area (Å²) < 4.78 is 5.44. The van der Waals surface area contributed by atoms with Gasteiger partial charge in [0.25, 0.3) is 5.69 Å². The number of nitrogens with zero attached hydrogens (tertiary/aromatic N) is 2. The third-order valence-electron chi connectivity index (χ3n) is 9.42. The predicted octanol–water partition coefficient (Wildman–Crippen LogP) is 4.92. The van der Waals surface area contributed by atoms with E-state index in [9.17, 15) is 19.7 Å². The number of hydrogen-bond acceptors (Lipinski definition) is 7. The van der Waals surface area contributed by atoms with Crippen LogP contribution in [0.15, 0.2) is 107 Å². The van der Waals surface area contributed by atoms with Gasteiger partial charge in [-0.05, 0) is 62.0 Å². The van der Waals surface area contributed by atoms with Crippen molar-refractivity contribution in [3.05, 3.63) is 134 Å². The fourth-order valence-electron chi connectivity index (χ4n) is 7.04. The largest absolute Gasteiger partial charge is 0.378 e. The van der Waals surface area contributed by atoms with E-state index >= 15 is 0 Å². The second kappa shape index (κ2) is 15.2. The Morgan fingerprint density at radius 3 is 2.06 bits per heavy atom. The minimum atomic E-state index is -0.805.